The van der Waals surface area contributed by atoms with E-state index in [1.165, 1.54) is 66.1 Å². The smallest absolute Gasteiger partial charge is 0.00491 e. The molecule has 0 heterocycles. The van der Waals surface area contributed by atoms with Crippen LogP contribution in [-0.2, 0) is 19.3 Å². The summed E-state index contributed by atoms with van der Waals surface area (Å²) in [4.78, 5) is 0. The zero-order chi connectivity index (χ0) is 35.1. The van der Waals surface area contributed by atoms with Crippen molar-refractivity contribution in [3.63, 3.8) is 0 Å². The first-order chi connectivity index (χ1) is 25.7. The van der Waals surface area contributed by atoms with E-state index in [-0.39, 0.29) is 0 Å². The molecule has 0 saturated carbocycles. The van der Waals surface area contributed by atoms with E-state index in [0.717, 1.165) is 25.7 Å². The zero-order valence-electron chi connectivity index (χ0n) is 30.0. The molecule has 0 amide bonds. The van der Waals surface area contributed by atoms with Crippen molar-refractivity contribution < 1.29 is 0 Å². The molecular weight excluding hydrogens is 625 g/mol. The van der Waals surface area contributed by atoms with Crippen molar-refractivity contribution in [2.24, 2.45) is 0 Å². The lowest BCUT2D eigenvalue weighted by Crippen LogP contribution is -2.12. The molecule has 0 aliphatic heterocycles. The second-order valence-corrected chi connectivity index (χ2v) is 14.5. The molecule has 0 aromatic heterocycles. The Morgan fingerprint density at radius 1 is 0.385 bits per heavy atom. The Hall–Kier alpha value is -5.72. The number of hydrogen-bond acceptors (Lipinski definition) is 0. The number of rotatable bonds is 12. The molecule has 8 rings (SSSR count). The molecule has 0 aliphatic rings. The molecule has 3 unspecified atom stereocenters. The maximum atomic E-state index is 2.41. The molecule has 0 spiro atoms. The Balaban J connectivity index is 1.00. The van der Waals surface area contributed by atoms with Gasteiger partial charge in [-0.2, -0.15) is 0 Å². The Morgan fingerprint density at radius 2 is 0.865 bits per heavy atom. The molecule has 0 aliphatic carbocycles. The van der Waals surface area contributed by atoms with E-state index in [4.69, 9.17) is 0 Å². The second kappa shape index (κ2) is 15.7. The van der Waals surface area contributed by atoms with Crippen molar-refractivity contribution in [3.05, 3.63) is 228 Å². The van der Waals surface area contributed by atoms with Gasteiger partial charge in [-0.1, -0.05) is 201 Å². The minimum absolute atomic E-state index is 0.355. The van der Waals surface area contributed by atoms with Gasteiger partial charge >= 0.3 is 0 Å². The molecule has 0 bridgehead atoms. The molecule has 0 N–H and O–H groups in total. The van der Waals surface area contributed by atoms with Crippen LogP contribution in [0.4, 0.5) is 0 Å². The highest BCUT2D eigenvalue weighted by atomic mass is 14.3. The molecule has 0 fully saturated rings. The van der Waals surface area contributed by atoms with Crippen molar-refractivity contribution >= 4 is 21.5 Å². The maximum absolute atomic E-state index is 2.41. The van der Waals surface area contributed by atoms with Crippen LogP contribution >= 0.6 is 0 Å². The van der Waals surface area contributed by atoms with E-state index < -0.39 is 0 Å². The first-order valence-corrected chi connectivity index (χ1v) is 18.9. The summed E-state index contributed by atoms with van der Waals surface area (Å²) in [5.74, 6) is 1.16. The lowest BCUT2D eigenvalue weighted by atomic mass is 9.77. The van der Waals surface area contributed by atoms with Crippen LogP contribution in [0.25, 0.3) is 32.7 Å². The predicted octanol–water partition coefficient (Wildman–Crippen LogP) is 13.7. The van der Waals surface area contributed by atoms with E-state index in [9.17, 15) is 0 Å². The fourth-order valence-corrected chi connectivity index (χ4v) is 8.29. The molecule has 8 aromatic carbocycles. The molecule has 0 nitrogen and oxygen atoms in total. The summed E-state index contributed by atoms with van der Waals surface area (Å²) in [6.45, 7) is 2.41. The third-order valence-electron chi connectivity index (χ3n) is 11.2. The summed E-state index contributed by atoms with van der Waals surface area (Å²) in [5.41, 5.74) is 11.0. The third-order valence-corrected chi connectivity index (χ3v) is 11.2. The SMILES string of the molecule is CC(c1ccc(-c2ccc(CCC(Cc3ccccc3)c3cccc4ccccc34)cc2)cc1)C(Cc1ccccc1)c1cccc2ccccc12. The van der Waals surface area contributed by atoms with Crippen LogP contribution in [0.5, 0.6) is 0 Å². The van der Waals surface area contributed by atoms with Gasteiger partial charge in [0.05, 0.1) is 0 Å². The van der Waals surface area contributed by atoms with Gasteiger partial charge in [-0.15, -0.1) is 0 Å². The molecule has 0 saturated heterocycles. The highest BCUT2D eigenvalue weighted by Crippen LogP contribution is 2.39. The minimum atomic E-state index is 0.355. The van der Waals surface area contributed by atoms with Crippen molar-refractivity contribution in [1.82, 2.24) is 0 Å². The van der Waals surface area contributed by atoms with Crippen LogP contribution in [0.1, 0.15) is 64.5 Å². The molecule has 8 aromatic rings. The molecule has 0 radical (unpaired) electrons. The summed E-state index contributed by atoms with van der Waals surface area (Å²) >= 11 is 0. The van der Waals surface area contributed by atoms with Crippen LogP contribution < -0.4 is 0 Å². The zero-order valence-corrected chi connectivity index (χ0v) is 30.0. The topological polar surface area (TPSA) is 0 Å². The minimum Gasteiger partial charge on any atom is -0.0622 e. The Kier molecular flexibility index (Phi) is 10.1. The van der Waals surface area contributed by atoms with Crippen LogP contribution in [0.15, 0.2) is 194 Å². The quantitative estimate of drug-likeness (QED) is 0.121. The summed E-state index contributed by atoms with van der Waals surface area (Å²) < 4.78 is 0. The van der Waals surface area contributed by atoms with Gasteiger partial charge in [-0.25, -0.2) is 0 Å². The van der Waals surface area contributed by atoms with Crippen molar-refractivity contribution in [2.75, 3.05) is 0 Å². The largest absolute Gasteiger partial charge is 0.0622 e. The van der Waals surface area contributed by atoms with Crippen LogP contribution in [-0.4, -0.2) is 0 Å². The van der Waals surface area contributed by atoms with E-state index >= 15 is 0 Å². The molecule has 0 heteroatoms. The summed E-state index contributed by atoms with van der Waals surface area (Å²) in [5, 5.41) is 5.37. The molecule has 3 atom stereocenters. The predicted molar refractivity (Wildman–Crippen MR) is 222 cm³/mol. The standard InChI is InChI=1S/C52H46/c1-38(52(37-41-16-6-3-7-17-41)51-25-13-21-46-19-9-11-23-49(46)51)42-32-34-44(35-33-42)43-29-26-39(27-30-43)28-31-47(36-40-14-4-2-5-15-40)50-24-12-20-45-18-8-10-22-48(45)50/h2-27,29-30,32-35,38,47,52H,28,31,36-37H2,1H3. The number of fused-ring (bicyclic) bond motifs is 2. The first-order valence-electron chi connectivity index (χ1n) is 18.9. The Bertz CT molecular complexity index is 2340. The van der Waals surface area contributed by atoms with Crippen molar-refractivity contribution in [1.29, 1.82) is 0 Å². The number of hydrogen-bond donors (Lipinski definition) is 0. The number of benzene rings is 8. The van der Waals surface area contributed by atoms with Gasteiger partial charge in [-0.05, 0) is 109 Å². The van der Waals surface area contributed by atoms with Gasteiger partial charge in [-0.3, -0.25) is 0 Å². The monoisotopic (exact) mass is 670 g/mol. The highest BCUT2D eigenvalue weighted by molar-refractivity contribution is 5.87. The van der Waals surface area contributed by atoms with Gasteiger partial charge in [0.2, 0.25) is 0 Å². The van der Waals surface area contributed by atoms with Crippen molar-refractivity contribution in [2.45, 2.75) is 50.4 Å². The summed E-state index contributed by atoms with van der Waals surface area (Å²) in [6, 6.07) is 71.9. The van der Waals surface area contributed by atoms with Crippen molar-refractivity contribution in [3.8, 4) is 11.1 Å². The fraction of sp³-hybridized carbons (Fsp3) is 0.154. The van der Waals surface area contributed by atoms with E-state index in [1.54, 1.807) is 0 Å². The van der Waals surface area contributed by atoms with Gasteiger partial charge < -0.3 is 0 Å². The number of aryl methyl sites for hydroxylation is 1. The van der Waals surface area contributed by atoms with Gasteiger partial charge in [0.25, 0.3) is 0 Å². The van der Waals surface area contributed by atoms with E-state index in [1.807, 2.05) is 0 Å². The lowest BCUT2D eigenvalue weighted by Gasteiger charge is -2.27. The average Bonchev–Trinajstić information content (AvgIpc) is 3.22. The van der Waals surface area contributed by atoms with Crippen LogP contribution in [0.2, 0.25) is 0 Å². The second-order valence-electron chi connectivity index (χ2n) is 14.5. The Morgan fingerprint density at radius 3 is 1.48 bits per heavy atom. The van der Waals surface area contributed by atoms with Gasteiger partial charge in [0, 0.05) is 0 Å². The van der Waals surface area contributed by atoms with Gasteiger partial charge in [0.1, 0.15) is 0 Å². The van der Waals surface area contributed by atoms with Crippen LogP contribution in [0, 0.1) is 0 Å². The molecule has 254 valence electrons. The molecular formula is C52H46. The van der Waals surface area contributed by atoms with Gasteiger partial charge in [0.15, 0.2) is 0 Å². The Labute approximate surface area is 309 Å². The maximum Gasteiger partial charge on any atom is -0.00491 e. The summed E-state index contributed by atoms with van der Waals surface area (Å²) in [7, 11) is 0. The van der Waals surface area contributed by atoms with E-state index in [0.29, 0.717) is 17.8 Å². The normalized spacial score (nSPS) is 13.2. The molecule has 52 heavy (non-hydrogen) atoms. The van der Waals surface area contributed by atoms with Crippen LogP contribution in [0.3, 0.4) is 0 Å². The fourth-order valence-electron chi connectivity index (χ4n) is 8.29. The van der Waals surface area contributed by atoms with E-state index in [2.05, 4.69) is 201 Å². The lowest BCUT2D eigenvalue weighted by molar-refractivity contribution is 0.576. The highest BCUT2D eigenvalue weighted by Gasteiger charge is 2.23. The summed E-state index contributed by atoms with van der Waals surface area (Å²) in [6.07, 6.45) is 4.21. The average molecular weight is 671 g/mol. The first kappa shape index (κ1) is 33.4. The third kappa shape index (κ3) is 7.48.